The van der Waals surface area contributed by atoms with Gasteiger partial charge in [-0.15, -0.1) is 0 Å². The Bertz CT molecular complexity index is 841. The molecule has 1 aliphatic heterocycles. The van der Waals surface area contributed by atoms with Crippen molar-refractivity contribution >= 4 is 23.2 Å². The Labute approximate surface area is 152 Å². The van der Waals surface area contributed by atoms with Crippen LogP contribution in [0.5, 0.6) is 11.5 Å². The van der Waals surface area contributed by atoms with Gasteiger partial charge in [-0.3, -0.25) is 9.59 Å². The van der Waals surface area contributed by atoms with Gasteiger partial charge in [-0.25, -0.2) is 0 Å². The van der Waals surface area contributed by atoms with E-state index in [9.17, 15) is 9.59 Å². The van der Waals surface area contributed by atoms with Crippen LogP contribution in [-0.2, 0) is 4.79 Å². The quantitative estimate of drug-likeness (QED) is 0.867. The zero-order valence-corrected chi connectivity index (χ0v) is 14.7. The van der Waals surface area contributed by atoms with Gasteiger partial charge in [-0.2, -0.15) is 0 Å². The van der Waals surface area contributed by atoms with Gasteiger partial charge in [0.05, 0.1) is 19.9 Å². The number of methoxy groups -OCH3 is 2. The summed E-state index contributed by atoms with van der Waals surface area (Å²) in [6.07, 6.45) is 0.147. The summed E-state index contributed by atoms with van der Waals surface area (Å²) in [5, 5.41) is 2.80. The van der Waals surface area contributed by atoms with Gasteiger partial charge in [-0.1, -0.05) is 24.8 Å². The lowest BCUT2D eigenvalue weighted by molar-refractivity contribution is -0.116. The minimum Gasteiger partial charge on any atom is -0.497 e. The highest BCUT2D eigenvalue weighted by Crippen LogP contribution is 2.32. The number of carbonyl (C=O) groups excluding carboxylic acids is 2. The second kappa shape index (κ2) is 7.31. The fourth-order valence-corrected chi connectivity index (χ4v) is 2.90. The van der Waals surface area contributed by atoms with Gasteiger partial charge >= 0.3 is 0 Å². The predicted molar refractivity (Wildman–Crippen MR) is 99.3 cm³/mol. The molecule has 1 heterocycles. The average Bonchev–Trinajstić information content (AvgIpc) is 2.91. The van der Waals surface area contributed by atoms with Crippen LogP contribution in [0, 0.1) is 0 Å². The molecule has 6 nitrogen and oxygen atoms in total. The number of anilines is 1. The van der Waals surface area contributed by atoms with Crippen molar-refractivity contribution < 1.29 is 19.1 Å². The number of rotatable bonds is 6. The Morgan fingerprint density at radius 2 is 1.85 bits per heavy atom. The molecule has 6 heteroatoms. The van der Waals surface area contributed by atoms with Crippen molar-refractivity contribution in [3.05, 3.63) is 60.2 Å². The first-order valence-electron chi connectivity index (χ1n) is 8.17. The number of fused-ring (bicyclic) bond motifs is 1. The lowest BCUT2D eigenvalue weighted by atomic mass is 10.1. The fourth-order valence-electron chi connectivity index (χ4n) is 2.90. The summed E-state index contributed by atoms with van der Waals surface area (Å²) < 4.78 is 10.4. The van der Waals surface area contributed by atoms with Gasteiger partial charge in [0.25, 0.3) is 5.91 Å². The van der Waals surface area contributed by atoms with E-state index < -0.39 is 0 Å². The highest BCUT2D eigenvalue weighted by Gasteiger charge is 2.30. The normalized spacial score (nSPS) is 12.8. The Morgan fingerprint density at radius 3 is 2.50 bits per heavy atom. The highest BCUT2D eigenvalue weighted by molar-refractivity contribution is 6.09. The van der Waals surface area contributed by atoms with E-state index >= 15 is 0 Å². The summed E-state index contributed by atoms with van der Waals surface area (Å²) in [5.41, 5.74) is 2.61. The minimum atomic E-state index is -0.218. The van der Waals surface area contributed by atoms with E-state index in [2.05, 4.69) is 11.9 Å². The minimum absolute atomic E-state index is 0.125. The highest BCUT2D eigenvalue weighted by atomic mass is 16.5. The predicted octanol–water partition coefficient (Wildman–Crippen LogP) is 3.16. The van der Waals surface area contributed by atoms with Crippen molar-refractivity contribution in [2.75, 3.05) is 26.1 Å². The second-order valence-corrected chi connectivity index (χ2v) is 5.81. The lowest BCUT2D eigenvalue weighted by Gasteiger charge is -2.17. The Morgan fingerprint density at radius 1 is 1.12 bits per heavy atom. The van der Waals surface area contributed by atoms with Crippen LogP contribution in [0.3, 0.4) is 0 Å². The maximum Gasteiger partial charge on any atom is 0.258 e. The first-order valence-corrected chi connectivity index (χ1v) is 8.17. The Balaban J connectivity index is 1.64. The zero-order chi connectivity index (χ0) is 18.7. The molecular weight excluding hydrogens is 332 g/mol. The van der Waals surface area contributed by atoms with E-state index in [1.165, 1.54) is 12.0 Å². The van der Waals surface area contributed by atoms with Crippen LogP contribution < -0.4 is 14.8 Å². The average molecular weight is 352 g/mol. The molecule has 2 aromatic carbocycles. The van der Waals surface area contributed by atoms with Gasteiger partial charge in [-0.05, 0) is 18.2 Å². The molecule has 0 aromatic heterocycles. The van der Waals surface area contributed by atoms with E-state index in [0.717, 1.165) is 5.56 Å². The third-order valence-electron chi connectivity index (χ3n) is 4.28. The molecule has 134 valence electrons. The number of carbonyl (C=O) groups is 2. The van der Waals surface area contributed by atoms with Crippen LogP contribution in [0.1, 0.15) is 22.3 Å². The van der Waals surface area contributed by atoms with Crippen LogP contribution in [0.2, 0.25) is 0 Å². The number of nitrogens with one attached hydrogen (secondary N) is 1. The summed E-state index contributed by atoms with van der Waals surface area (Å²) in [6.45, 7) is 4.24. The van der Waals surface area contributed by atoms with Crippen LogP contribution in [0.25, 0.3) is 5.70 Å². The number of ether oxygens (including phenoxy) is 2. The van der Waals surface area contributed by atoms with Crippen molar-refractivity contribution in [1.29, 1.82) is 0 Å². The maximum absolute atomic E-state index is 12.4. The standard InChI is InChI=1S/C20H20N2O4/c1-13-15-6-4-5-7-16(15)20(24)22(13)11-10-19(23)21-17-9-8-14(25-2)12-18(17)26-3/h4-9,12H,1,10-11H2,2-3H3,(H,21,23). The van der Waals surface area contributed by atoms with Crippen molar-refractivity contribution in [1.82, 2.24) is 4.90 Å². The second-order valence-electron chi connectivity index (χ2n) is 5.81. The van der Waals surface area contributed by atoms with Crippen LogP contribution in [0.15, 0.2) is 49.0 Å². The summed E-state index contributed by atoms with van der Waals surface area (Å²) in [5.74, 6) is 0.800. The lowest BCUT2D eigenvalue weighted by Crippen LogP contribution is -2.27. The molecule has 0 spiro atoms. The van der Waals surface area contributed by atoms with Gasteiger partial charge in [0.2, 0.25) is 5.91 Å². The number of nitrogens with zero attached hydrogens (tertiary/aromatic N) is 1. The molecule has 0 radical (unpaired) electrons. The Hall–Kier alpha value is -3.28. The first kappa shape index (κ1) is 17.5. The number of hydrogen-bond acceptors (Lipinski definition) is 4. The molecule has 0 atom stereocenters. The molecule has 26 heavy (non-hydrogen) atoms. The summed E-state index contributed by atoms with van der Waals surface area (Å²) in [7, 11) is 3.08. The molecule has 2 aromatic rings. The largest absolute Gasteiger partial charge is 0.497 e. The molecular formula is C20H20N2O4. The Kier molecular flexibility index (Phi) is 4.93. The topological polar surface area (TPSA) is 67.9 Å². The number of hydrogen-bond donors (Lipinski definition) is 1. The smallest absolute Gasteiger partial charge is 0.258 e. The van der Waals surface area contributed by atoms with Crippen molar-refractivity contribution in [2.45, 2.75) is 6.42 Å². The van der Waals surface area contributed by atoms with Crippen molar-refractivity contribution in [3.63, 3.8) is 0 Å². The third kappa shape index (κ3) is 3.26. The number of amides is 2. The van der Waals surface area contributed by atoms with Gasteiger partial charge < -0.3 is 19.7 Å². The van der Waals surface area contributed by atoms with Crippen molar-refractivity contribution in [2.24, 2.45) is 0 Å². The maximum atomic E-state index is 12.4. The molecule has 0 saturated carbocycles. The van der Waals surface area contributed by atoms with E-state index in [1.807, 2.05) is 18.2 Å². The third-order valence-corrected chi connectivity index (χ3v) is 4.28. The molecule has 1 aliphatic rings. The summed E-state index contributed by atoms with van der Waals surface area (Å²) in [6, 6.07) is 12.5. The molecule has 0 bridgehead atoms. The molecule has 0 aliphatic carbocycles. The monoisotopic (exact) mass is 352 g/mol. The van der Waals surface area contributed by atoms with E-state index in [0.29, 0.717) is 28.4 Å². The summed E-state index contributed by atoms with van der Waals surface area (Å²) in [4.78, 5) is 26.3. The number of benzene rings is 2. The van der Waals surface area contributed by atoms with Crippen LogP contribution in [-0.4, -0.2) is 37.5 Å². The van der Waals surface area contributed by atoms with Crippen LogP contribution >= 0.6 is 0 Å². The molecule has 0 fully saturated rings. The van der Waals surface area contributed by atoms with Crippen LogP contribution in [0.4, 0.5) is 5.69 Å². The molecule has 0 unspecified atom stereocenters. The molecule has 3 rings (SSSR count). The first-order chi connectivity index (χ1) is 12.5. The summed E-state index contributed by atoms with van der Waals surface area (Å²) >= 11 is 0. The molecule has 0 saturated heterocycles. The van der Waals surface area contributed by atoms with E-state index in [4.69, 9.17) is 9.47 Å². The van der Waals surface area contributed by atoms with E-state index in [-0.39, 0.29) is 24.8 Å². The van der Waals surface area contributed by atoms with E-state index in [1.54, 1.807) is 31.4 Å². The SMILES string of the molecule is C=C1c2ccccc2C(=O)N1CCC(=O)Nc1ccc(OC)cc1OC. The van der Waals surface area contributed by atoms with Gasteiger partial charge in [0, 0.05) is 35.9 Å². The van der Waals surface area contributed by atoms with Gasteiger partial charge in [0.1, 0.15) is 11.5 Å². The fraction of sp³-hybridized carbons (Fsp3) is 0.200. The zero-order valence-electron chi connectivity index (χ0n) is 14.7. The molecule has 2 amide bonds. The molecule has 1 N–H and O–H groups in total. The van der Waals surface area contributed by atoms with Crippen molar-refractivity contribution in [3.8, 4) is 11.5 Å². The van der Waals surface area contributed by atoms with Gasteiger partial charge in [0.15, 0.2) is 0 Å².